The van der Waals surface area contributed by atoms with Crippen LogP contribution in [0.15, 0.2) is 24.3 Å². The Hall–Kier alpha value is -2.48. The highest BCUT2D eigenvalue weighted by Crippen LogP contribution is 2.12. The number of piperazine rings is 1. The van der Waals surface area contributed by atoms with Gasteiger partial charge in [-0.2, -0.15) is 0 Å². The summed E-state index contributed by atoms with van der Waals surface area (Å²) in [4.78, 5) is 41.0. The van der Waals surface area contributed by atoms with Crippen molar-refractivity contribution in [3.05, 3.63) is 30.1 Å². The molecular weight excluding hydrogens is 387 g/mol. The highest BCUT2D eigenvalue weighted by molar-refractivity contribution is 5.92. The van der Waals surface area contributed by atoms with E-state index in [9.17, 15) is 18.8 Å². The smallest absolute Gasteiger partial charge is 0.245 e. The van der Waals surface area contributed by atoms with Gasteiger partial charge in [0.2, 0.25) is 17.7 Å². The van der Waals surface area contributed by atoms with Gasteiger partial charge in [-0.3, -0.25) is 19.3 Å². The summed E-state index contributed by atoms with van der Waals surface area (Å²) in [6.07, 6.45) is 0.396. The molecular formula is C22H33FN4O3. The Bertz CT molecular complexity index is 728. The molecule has 3 amide bonds. The molecule has 0 saturated carbocycles. The van der Waals surface area contributed by atoms with Crippen molar-refractivity contribution in [2.24, 2.45) is 11.8 Å². The summed E-state index contributed by atoms with van der Waals surface area (Å²) < 4.78 is 13.0. The summed E-state index contributed by atoms with van der Waals surface area (Å²) in [7, 11) is 0. The molecule has 8 heteroatoms. The van der Waals surface area contributed by atoms with E-state index in [0.717, 1.165) is 0 Å². The second-order valence-corrected chi connectivity index (χ2v) is 8.54. The summed E-state index contributed by atoms with van der Waals surface area (Å²) in [6, 6.07) is 5.09. The normalized spacial score (nSPS) is 15.9. The molecule has 1 aliphatic heterocycles. The molecule has 30 heavy (non-hydrogen) atoms. The summed E-state index contributed by atoms with van der Waals surface area (Å²) in [5, 5.41) is 5.63. The van der Waals surface area contributed by atoms with Crippen LogP contribution in [0.4, 0.5) is 10.1 Å². The molecule has 0 radical (unpaired) electrons. The summed E-state index contributed by atoms with van der Waals surface area (Å²) >= 11 is 0. The Morgan fingerprint density at radius 1 is 0.967 bits per heavy atom. The van der Waals surface area contributed by atoms with Crippen LogP contribution in [0, 0.1) is 17.7 Å². The number of halogens is 1. The predicted molar refractivity (Wildman–Crippen MR) is 114 cm³/mol. The highest BCUT2D eigenvalue weighted by Gasteiger charge is 2.31. The first-order chi connectivity index (χ1) is 14.2. The molecule has 0 aromatic heterocycles. The predicted octanol–water partition coefficient (Wildman–Crippen LogP) is 2.10. The molecule has 0 bridgehead atoms. The van der Waals surface area contributed by atoms with Gasteiger partial charge in [0.1, 0.15) is 11.9 Å². The second-order valence-electron chi connectivity index (χ2n) is 8.54. The van der Waals surface area contributed by atoms with Gasteiger partial charge in [0.05, 0.1) is 6.54 Å². The Morgan fingerprint density at radius 3 is 2.10 bits per heavy atom. The van der Waals surface area contributed by atoms with Crippen LogP contribution in [-0.2, 0) is 14.4 Å². The monoisotopic (exact) mass is 420 g/mol. The summed E-state index contributed by atoms with van der Waals surface area (Å²) in [5.74, 6) is -0.479. The maximum Gasteiger partial charge on any atom is 0.245 e. The van der Waals surface area contributed by atoms with Crippen molar-refractivity contribution < 1.29 is 18.8 Å². The lowest BCUT2D eigenvalue weighted by molar-refractivity contribution is -0.139. The maximum absolute atomic E-state index is 13.0. The van der Waals surface area contributed by atoms with Crippen LogP contribution < -0.4 is 10.6 Å². The number of nitrogens with zero attached hydrogens (tertiary/aromatic N) is 2. The number of anilines is 1. The van der Waals surface area contributed by atoms with Gasteiger partial charge in [-0.05, 0) is 36.1 Å². The molecule has 1 fully saturated rings. The number of benzene rings is 1. The van der Waals surface area contributed by atoms with E-state index >= 15 is 0 Å². The van der Waals surface area contributed by atoms with Gasteiger partial charge in [-0.15, -0.1) is 0 Å². The lowest BCUT2D eigenvalue weighted by Gasteiger charge is -2.37. The molecule has 0 aliphatic carbocycles. The summed E-state index contributed by atoms with van der Waals surface area (Å²) in [5.41, 5.74) is 0.548. The van der Waals surface area contributed by atoms with Crippen molar-refractivity contribution >= 4 is 23.4 Å². The Balaban J connectivity index is 1.82. The number of rotatable bonds is 8. The average molecular weight is 421 g/mol. The van der Waals surface area contributed by atoms with Crippen molar-refractivity contribution in [3.63, 3.8) is 0 Å². The molecule has 1 saturated heterocycles. The van der Waals surface area contributed by atoms with E-state index in [1.54, 1.807) is 4.90 Å². The first-order valence-corrected chi connectivity index (χ1v) is 10.5. The molecule has 7 nitrogen and oxygen atoms in total. The van der Waals surface area contributed by atoms with Gasteiger partial charge in [-0.25, -0.2) is 4.39 Å². The molecule has 1 atom stereocenters. The van der Waals surface area contributed by atoms with Crippen molar-refractivity contribution in [2.45, 2.75) is 40.2 Å². The van der Waals surface area contributed by atoms with Crippen LogP contribution in [0.1, 0.15) is 34.1 Å². The first kappa shape index (κ1) is 23.8. The van der Waals surface area contributed by atoms with Gasteiger partial charge in [-0.1, -0.05) is 27.7 Å². The Morgan fingerprint density at radius 2 is 1.57 bits per heavy atom. The molecule has 1 heterocycles. The lowest BCUT2D eigenvalue weighted by Crippen LogP contribution is -2.57. The zero-order chi connectivity index (χ0) is 22.3. The Labute approximate surface area is 178 Å². The fourth-order valence-electron chi connectivity index (χ4n) is 3.38. The highest BCUT2D eigenvalue weighted by atomic mass is 19.1. The van der Waals surface area contributed by atoms with Gasteiger partial charge in [0, 0.05) is 38.3 Å². The van der Waals surface area contributed by atoms with Crippen LogP contribution in [-0.4, -0.2) is 66.3 Å². The van der Waals surface area contributed by atoms with Gasteiger partial charge >= 0.3 is 0 Å². The fraction of sp³-hybridized carbons (Fsp3) is 0.591. The SMILES string of the molecule is CC(C)CC(=O)NC(C(=O)N1CCN(CC(=O)Nc2ccc(F)cc2)CC1)C(C)C. The zero-order valence-electron chi connectivity index (χ0n) is 18.3. The van der Waals surface area contributed by atoms with Crippen LogP contribution in [0.5, 0.6) is 0 Å². The van der Waals surface area contributed by atoms with Crippen LogP contribution in [0.25, 0.3) is 0 Å². The third-order valence-corrected chi connectivity index (χ3v) is 5.02. The number of carbonyl (C=O) groups excluding carboxylic acids is 3. The number of amides is 3. The standard InChI is InChI=1S/C22H33FN4O3/c1-15(2)13-19(28)25-21(16(3)4)22(30)27-11-9-26(10-12-27)14-20(29)24-18-7-5-17(23)6-8-18/h5-8,15-16,21H,9-14H2,1-4H3,(H,24,29)(H,25,28). The minimum Gasteiger partial charge on any atom is -0.344 e. The molecule has 1 aromatic carbocycles. The molecule has 2 N–H and O–H groups in total. The number of carbonyl (C=O) groups is 3. The van der Waals surface area contributed by atoms with Gasteiger partial charge < -0.3 is 15.5 Å². The first-order valence-electron chi connectivity index (χ1n) is 10.5. The number of hydrogen-bond acceptors (Lipinski definition) is 4. The van der Waals surface area contributed by atoms with Crippen LogP contribution in [0.3, 0.4) is 0 Å². The van der Waals surface area contributed by atoms with Crippen molar-refractivity contribution in [1.82, 2.24) is 15.1 Å². The van der Waals surface area contributed by atoms with E-state index in [1.807, 2.05) is 32.6 Å². The maximum atomic E-state index is 13.0. The second kappa shape index (κ2) is 11.1. The van der Waals surface area contributed by atoms with E-state index in [4.69, 9.17) is 0 Å². The van der Waals surface area contributed by atoms with Crippen molar-refractivity contribution in [2.75, 3.05) is 38.0 Å². The Kier molecular flexibility index (Phi) is 8.77. The quantitative estimate of drug-likeness (QED) is 0.675. The van der Waals surface area contributed by atoms with Gasteiger partial charge in [0.25, 0.3) is 0 Å². The molecule has 0 spiro atoms. The molecule has 1 unspecified atom stereocenters. The van der Waals surface area contributed by atoms with E-state index in [-0.39, 0.29) is 41.9 Å². The summed E-state index contributed by atoms with van der Waals surface area (Å²) in [6.45, 7) is 10.2. The van der Waals surface area contributed by atoms with Crippen molar-refractivity contribution in [3.8, 4) is 0 Å². The lowest BCUT2D eigenvalue weighted by atomic mass is 10.0. The van der Waals surface area contributed by atoms with Gasteiger partial charge in [0.15, 0.2) is 0 Å². The van der Waals surface area contributed by atoms with Crippen LogP contribution in [0.2, 0.25) is 0 Å². The molecule has 1 aliphatic rings. The molecule has 1 aromatic rings. The van der Waals surface area contributed by atoms with E-state index in [0.29, 0.717) is 38.3 Å². The number of nitrogens with one attached hydrogen (secondary N) is 2. The largest absolute Gasteiger partial charge is 0.344 e. The third kappa shape index (κ3) is 7.40. The van der Waals surface area contributed by atoms with Crippen molar-refractivity contribution in [1.29, 1.82) is 0 Å². The average Bonchev–Trinajstić information content (AvgIpc) is 2.67. The number of hydrogen-bond donors (Lipinski definition) is 2. The minimum atomic E-state index is -0.537. The van der Waals surface area contributed by atoms with E-state index in [1.165, 1.54) is 24.3 Å². The topological polar surface area (TPSA) is 81.8 Å². The minimum absolute atomic E-state index is 0.00636. The molecule has 166 valence electrons. The van der Waals surface area contributed by atoms with Crippen LogP contribution >= 0.6 is 0 Å². The van der Waals surface area contributed by atoms with E-state index < -0.39 is 6.04 Å². The van der Waals surface area contributed by atoms with E-state index in [2.05, 4.69) is 10.6 Å². The fourth-order valence-corrected chi connectivity index (χ4v) is 3.38. The zero-order valence-corrected chi connectivity index (χ0v) is 18.3. The molecule has 2 rings (SSSR count). The third-order valence-electron chi connectivity index (χ3n) is 5.02.